The van der Waals surface area contributed by atoms with E-state index in [-0.39, 0.29) is 0 Å². The molecule has 0 unspecified atom stereocenters. The first-order valence-electron chi connectivity index (χ1n) is 6.34. The number of carbonyl (C=O) groups excluding carboxylic acids is 1. The number of rotatable bonds is 7. The van der Waals surface area contributed by atoms with Crippen molar-refractivity contribution in [1.82, 2.24) is 4.90 Å². The molecule has 1 fully saturated rings. The van der Waals surface area contributed by atoms with Crippen LogP contribution in [0.2, 0.25) is 0 Å². The third-order valence-corrected chi connectivity index (χ3v) is 2.31. The van der Waals surface area contributed by atoms with Crippen LogP contribution in [0, 0.1) is 0 Å². The fraction of sp³-hybridized carbons (Fsp3) is 0.500. The van der Waals surface area contributed by atoms with Gasteiger partial charge in [-0.2, -0.15) is 0 Å². The Balaban J connectivity index is 0.000000388. The van der Waals surface area contributed by atoms with Crippen LogP contribution < -0.4 is 0 Å². The molecule has 0 aromatic carbocycles. The van der Waals surface area contributed by atoms with Crippen molar-refractivity contribution in [2.75, 3.05) is 26.7 Å². The first-order chi connectivity index (χ1) is 9.35. The Kier molecular flexibility index (Phi) is 12.7. The van der Waals surface area contributed by atoms with Crippen molar-refractivity contribution >= 4 is 19.0 Å². The highest BCUT2D eigenvalue weighted by Crippen LogP contribution is 2.02. The van der Waals surface area contributed by atoms with E-state index in [1.165, 1.54) is 25.4 Å². The molecule has 0 saturated carbocycles. The zero-order valence-corrected chi connectivity index (χ0v) is 11.6. The van der Waals surface area contributed by atoms with Gasteiger partial charge in [0.2, 0.25) is 6.41 Å². The van der Waals surface area contributed by atoms with Gasteiger partial charge < -0.3 is 9.64 Å². The summed E-state index contributed by atoms with van der Waals surface area (Å²) in [7, 11) is 1.58. The lowest BCUT2D eigenvalue weighted by Crippen LogP contribution is -2.15. The summed E-state index contributed by atoms with van der Waals surface area (Å²) in [6.45, 7) is 6.14. The monoisotopic (exact) mass is 265 g/mol. The van der Waals surface area contributed by atoms with Gasteiger partial charge in [0.05, 0.1) is 7.11 Å². The minimum absolute atomic E-state index is 0.742. The molecule has 0 aliphatic carbocycles. The number of ether oxygens (including phenoxy) is 1. The molecule has 0 atom stereocenters. The molecule has 1 amide bonds. The third-order valence-electron chi connectivity index (χ3n) is 2.31. The average molecular weight is 265 g/mol. The predicted octanol–water partition coefficient (Wildman–Crippen LogP) is 2.06. The zero-order chi connectivity index (χ0) is 14.2. The zero-order valence-electron chi connectivity index (χ0n) is 11.6. The molecule has 1 aliphatic rings. The quantitative estimate of drug-likeness (QED) is 0.306. The first-order valence-corrected chi connectivity index (χ1v) is 6.34. The van der Waals surface area contributed by atoms with Gasteiger partial charge in [-0.15, -0.1) is 0 Å². The summed E-state index contributed by atoms with van der Waals surface area (Å²) >= 11 is 0. The smallest absolute Gasteiger partial charge is 0.209 e. The van der Waals surface area contributed by atoms with Crippen molar-refractivity contribution in [2.24, 2.45) is 9.98 Å². The molecule has 0 radical (unpaired) electrons. The topological polar surface area (TPSA) is 54.3 Å². The lowest BCUT2D eigenvalue weighted by atomic mass is 10.4. The van der Waals surface area contributed by atoms with Gasteiger partial charge in [0, 0.05) is 32.0 Å². The molecule has 0 aromatic heterocycles. The summed E-state index contributed by atoms with van der Waals surface area (Å²) in [5.74, 6) is 0. The maximum Gasteiger partial charge on any atom is 0.209 e. The van der Waals surface area contributed by atoms with Crippen LogP contribution in [-0.4, -0.2) is 50.7 Å². The van der Waals surface area contributed by atoms with Crippen LogP contribution >= 0.6 is 0 Å². The molecule has 1 rings (SSSR count). The first kappa shape index (κ1) is 17.1. The van der Waals surface area contributed by atoms with Gasteiger partial charge in [0.25, 0.3) is 0 Å². The highest BCUT2D eigenvalue weighted by atomic mass is 16.5. The van der Waals surface area contributed by atoms with Crippen molar-refractivity contribution < 1.29 is 9.53 Å². The van der Waals surface area contributed by atoms with E-state index in [1.54, 1.807) is 18.2 Å². The highest BCUT2D eigenvalue weighted by Gasteiger charge is 2.06. The lowest BCUT2D eigenvalue weighted by Gasteiger charge is -2.03. The Morgan fingerprint density at radius 1 is 1.37 bits per heavy atom. The molecular formula is C14H23N3O2. The Bertz CT molecular complexity index is 306. The number of aliphatic imine (C=N–C) groups is 2. The fourth-order valence-corrected chi connectivity index (χ4v) is 1.39. The van der Waals surface area contributed by atoms with Crippen LogP contribution in [0.3, 0.4) is 0 Å². The molecule has 106 valence electrons. The van der Waals surface area contributed by atoms with Gasteiger partial charge in [-0.25, -0.2) is 0 Å². The van der Waals surface area contributed by atoms with E-state index in [9.17, 15) is 4.79 Å². The summed E-state index contributed by atoms with van der Waals surface area (Å²) in [6, 6.07) is 0. The van der Waals surface area contributed by atoms with Gasteiger partial charge in [-0.3, -0.25) is 14.8 Å². The van der Waals surface area contributed by atoms with Crippen molar-refractivity contribution in [3.8, 4) is 0 Å². The minimum Gasteiger partial charge on any atom is -0.487 e. The van der Waals surface area contributed by atoms with Crippen LogP contribution in [0.4, 0.5) is 0 Å². The van der Waals surface area contributed by atoms with E-state index >= 15 is 0 Å². The van der Waals surface area contributed by atoms with E-state index in [4.69, 9.17) is 0 Å². The number of allylic oxidation sites excluding steroid dienone is 1. The molecule has 0 spiro atoms. The summed E-state index contributed by atoms with van der Waals surface area (Å²) in [5, 5.41) is 0. The highest BCUT2D eigenvalue weighted by molar-refractivity contribution is 5.71. The summed E-state index contributed by atoms with van der Waals surface area (Å²) < 4.78 is 4.63. The second kappa shape index (κ2) is 14.2. The lowest BCUT2D eigenvalue weighted by molar-refractivity contribution is -0.117. The fourth-order valence-electron chi connectivity index (χ4n) is 1.39. The predicted molar refractivity (Wildman–Crippen MR) is 79.7 cm³/mol. The van der Waals surface area contributed by atoms with E-state index in [0.717, 1.165) is 32.5 Å². The van der Waals surface area contributed by atoms with E-state index in [0.29, 0.717) is 0 Å². The number of hydrogen-bond acceptors (Lipinski definition) is 4. The van der Waals surface area contributed by atoms with E-state index in [2.05, 4.69) is 21.3 Å². The Labute approximate surface area is 115 Å². The van der Waals surface area contributed by atoms with Crippen molar-refractivity contribution in [2.45, 2.75) is 19.3 Å². The standard InChI is InChI=1S/C9H14N2O.C5H9NO/c1-3-10-7-5-4-6-8-11-9-12-2;7-5-6-3-1-2-4-6/h3-5,7,9H,1,6,8H2,2H3;5H,1-4H2/b5-4+,10-7?,11-9?;. The average Bonchev–Trinajstić information content (AvgIpc) is 2.96. The molecule has 0 aromatic rings. The van der Waals surface area contributed by atoms with Crippen molar-refractivity contribution in [3.05, 3.63) is 24.9 Å². The number of methoxy groups -OCH3 is 1. The molecule has 19 heavy (non-hydrogen) atoms. The van der Waals surface area contributed by atoms with Gasteiger partial charge in [-0.05, 0) is 25.3 Å². The normalized spacial score (nSPS) is 14.9. The second-order valence-electron chi connectivity index (χ2n) is 3.79. The second-order valence-corrected chi connectivity index (χ2v) is 3.79. The van der Waals surface area contributed by atoms with Crippen LogP contribution in [0.25, 0.3) is 0 Å². The van der Waals surface area contributed by atoms with Gasteiger partial charge in [-0.1, -0.05) is 12.7 Å². The van der Waals surface area contributed by atoms with Crippen molar-refractivity contribution in [3.63, 3.8) is 0 Å². The van der Waals surface area contributed by atoms with Crippen LogP contribution in [0.15, 0.2) is 34.9 Å². The maximum atomic E-state index is 9.93. The number of carbonyl (C=O) groups is 1. The number of hydrogen-bond donors (Lipinski definition) is 0. The molecule has 1 aliphatic heterocycles. The van der Waals surface area contributed by atoms with E-state index < -0.39 is 0 Å². The van der Waals surface area contributed by atoms with E-state index in [1.807, 2.05) is 12.2 Å². The van der Waals surface area contributed by atoms with Crippen molar-refractivity contribution in [1.29, 1.82) is 0 Å². The van der Waals surface area contributed by atoms with Crippen LogP contribution in [0.1, 0.15) is 19.3 Å². The summed E-state index contributed by atoms with van der Waals surface area (Å²) in [4.78, 5) is 19.5. The molecule has 1 heterocycles. The summed E-state index contributed by atoms with van der Waals surface area (Å²) in [5.41, 5.74) is 0. The van der Waals surface area contributed by atoms with Gasteiger partial charge >= 0.3 is 0 Å². The Hall–Kier alpha value is -1.91. The molecule has 1 saturated heterocycles. The summed E-state index contributed by atoms with van der Waals surface area (Å²) in [6.07, 6.45) is 12.7. The minimum atomic E-state index is 0.742. The number of amides is 1. The number of nitrogens with zero attached hydrogens (tertiary/aromatic N) is 3. The molecule has 0 bridgehead atoms. The van der Waals surface area contributed by atoms with Gasteiger partial charge in [0.1, 0.15) is 0 Å². The Morgan fingerprint density at radius 2 is 2.11 bits per heavy atom. The number of likely N-dealkylation sites (tertiary alicyclic amines) is 1. The SMILES string of the molecule is C=CN=C/C=C/CCN=COC.O=CN1CCCC1. The maximum absolute atomic E-state index is 9.93. The van der Waals surface area contributed by atoms with Crippen LogP contribution in [-0.2, 0) is 9.53 Å². The Morgan fingerprint density at radius 3 is 2.63 bits per heavy atom. The van der Waals surface area contributed by atoms with Crippen LogP contribution in [0.5, 0.6) is 0 Å². The van der Waals surface area contributed by atoms with Gasteiger partial charge in [0.15, 0.2) is 6.40 Å². The third kappa shape index (κ3) is 12.3. The molecular weight excluding hydrogens is 242 g/mol. The molecule has 5 nitrogen and oxygen atoms in total. The molecule has 5 heteroatoms. The molecule has 0 N–H and O–H groups in total. The largest absolute Gasteiger partial charge is 0.487 e.